The van der Waals surface area contributed by atoms with Crippen molar-refractivity contribution in [2.24, 2.45) is 0 Å². The van der Waals surface area contributed by atoms with Gasteiger partial charge in [-0.3, -0.25) is 0 Å². The molecule has 0 bridgehead atoms. The summed E-state index contributed by atoms with van der Waals surface area (Å²) >= 11 is 0. The van der Waals surface area contributed by atoms with Gasteiger partial charge in [0.25, 0.3) is 0 Å². The SMILES string of the molecule is CS(=O)(=O)NC1CCN(CC(c2ccccc2)c2ccccc2)CC1. The van der Waals surface area contributed by atoms with Crippen molar-refractivity contribution < 1.29 is 8.42 Å². The fourth-order valence-corrected chi connectivity index (χ4v) is 4.41. The molecule has 25 heavy (non-hydrogen) atoms. The monoisotopic (exact) mass is 358 g/mol. The highest BCUT2D eigenvalue weighted by atomic mass is 32.2. The van der Waals surface area contributed by atoms with E-state index in [0.717, 1.165) is 32.5 Å². The molecule has 1 fully saturated rings. The predicted molar refractivity (Wildman–Crippen MR) is 102 cm³/mol. The number of rotatable bonds is 6. The van der Waals surface area contributed by atoms with Crippen LogP contribution in [0.2, 0.25) is 0 Å². The molecular formula is C20H26N2O2S. The minimum atomic E-state index is -3.12. The quantitative estimate of drug-likeness (QED) is 0.864. The van der Waals surface area contributed by atoms with Gasteiger partial charge in [0.2, 0.25) is 10.0 Å². The minimum absolute atomic E-state index is 0.0677. The Labute approximate surface area is 150 Å². The summed E-state index contributed by atoms with van der Waals surface area (Å²) in [6.45, 7) is 2.80. The van der Waals surface area contributed by atoms with Crippen molar-refractivity contribution in [2.75, 3.05) is 25.9 Å². The number of sulfonamides is 1. The van der Waals surface area contributed by atoms with Crippen molar-refractivity contribution in [3.8, 4) is 0 Å². The van der Waals surface area contributed by atoms with E-state index in [0.29, 0.717) is 5.92 Å². The summed E-state index contributed by atoms with van der Waals surface area (Å²) in [6, 6.07) is 21.3. The number of likely N-dealkylation sites (tertiary alicyclic amines) is 1. The van der Waals surface area contributed by atoms with Crippen molar-refractivity contribution in [1.29, 1.82) is 0 Å². The maximum atomic E-state index is 11.4. The summed E-state index contributed by atoms with van der Waals surface area (Å²) in [5.41, 5.74) is 2.65. The van der Waals surface area contributed by atoms with Gasteiger partial charge in [0.05, 0.1) is 6.26 Å². The maximum absolute atomic E-state index is 11.4. The first-order valence-corrected chi connectivity index (χ1v) is 10.7. The normalized spacial score (nSPS) is 17.0. The minimum Gasteiger partial charge on any atom is -0.302 e. The Morgan fingerprint density at radius 3 is 1.88 bits per heavy atom. The molecule has 0 amide bonds. The number of piperidine rings is 1. The van der Waals surface area contributed by atoms with Crippen LogP contribution in [-0.2, 0) is 10.0 Å². The zero-order chi connectivity index (χ0) is 17.7. The zero-order valence-electron chi connectivity index (χ0n) is 14.6. The molecule has 1 saturated heterocycles. The Bertz CT molecular complexity index is 715. The Kier molecular flexibility index (Phi) is 5.89. The topological polar surface area (TPSA) is 49.4 Å². The molecule has 0 aliphatic carbocycles. The Morgan fingerprint density at radius 1 is 0.960 bits per heavy atom. The first-order chi connectivity index (χ1) is 12.0. The van der Waals surface area contributed by atoms with Gasteiger partial charge in [-0.25, -0.2) is 13.1 Å². The number of hydrogen-bond donors (Lipinski definition) is 1. The third-order valence-corrected chi connectivity index (χ3v) is 5.57. The molecule has 3 rings (SSSR count). The van der Waals surface area contributed by atoms with Crippen LogP contribution in [0.1, 0.15) is 29.9 Å². The molecule has 0 aromatic heterocycles. The average molecular weight is 359 g/mol. The van der Waals surface area contributed by atoms with Crippen molar-refractivity contribution in [3.63, 3.8) is 0 Å². The third-order valence-electron chi connectivity index (χ3n) is 4.81. The fraction of sp³-hybridized carbons (Fsp3) is 0.400. The van der Waals surface area contributed by atoms with Crippen LogP contribution < -0.4 is 4.72 Å². The van der Waals surface area contributed by atoms with Crippen LogP contribution in [0, 0.1) is 0 Å². The summed E-state index contributed by atoms with van der Waals surface area (Å²) < 4.78 is 25.5. The lowest BCUT2D eigenvalue weighted by Crippen LogP contribution is -2.45. The third kappa shape index (κ3) is 5.39. The number of nitrogens with zero attached hydrogens (tertiary/aromatic N) is 1. The van der Waals surface area contributed by atoms with Gasteiger partial charge in [0.1, 0.15) is 0 Å². The van der Waals surface area contributed by atoms with Gasteiger partial charge in [-0.05, 0) is 37.1 Å². The van der Waals surface area contributed by atoms with Crippen LogP contribution in [0.4, 0.5) is 0 Å². The Morgan fingerprint density at radius 2 is 1.44 bits per heavy atom. The molecule has 0 atom stereocenters. The van der Waals surface area contributed by atoms with E-state index >= 15 is 0 Å². The average Bonchev–Trinajstić information content (AvgIpc) is 2.61. The number of benzene rings is 2. The molecule has 2 aromatic carbocycles. The van der Waals surface area contributed by atoms with Crippen LogP contribution in [0.25, 0.3) is 0 Å². The number of hydrogen-bond acceptors (Lipinski definition) is 3. The lowest BCUT2D eigenvalue weighted by molar-refractivity contribution is 0.202. The second kappa shape index (κ2) is 8.13. The standard InChI is InChI=1S/C20H26N2O2S/c1-25(23,24)21-19-12-14-22(15-13-19)16-20(17-8-4-2-5-9-17)18-10-6-3-7-11-18/h2-11,19-21H,12-16H2,1H3. The second-order valence-corrected chi connectivity index (χ2v) is 8.62. The largest absolute Gasteiger partial charge is 0.302 e. The smallest absolute Gasteiger partial charge is 0.208 e. The molecule has 0 unspecified atom stereocenters. The van der Waals surface area contributed by atoms with Crippen molar-refractivity contribution in [1.82, 2.24) is 9.62 Å². The number of nitrogens with one attached hydrogen (secondary N) is 1. The van der Waals surface area contributed by atoms with E-state index in [-0.39, 0.29) is 6.04 Å². The molecule has 1 N–H and O–H groups in total. The highest BCUT2D eigenvalue weighted by Crippen LogP contribution is 2.26. The van der Waals surface area contributed by atoms with Gasteiger partial charge < -0.3 is 4.90 Å². The van der Waals surface area contributed by atoms with Gasteiger partial charge in [-0.2, -0.15) is 0 Å². The van der Waals surface area contributed by atoms with E-state index in [1.807, 2.05) is 12.1 Å². The molecule has 5 heteroatoms. The van der Waals surface area contributed by atoms with E-state index in [4.69, 9.17) is 0 Å². The molecule has 134 valence electrons. The van der Waals surface area contributed by atoms with Crippen molar-refractivity contribution in [3.05, 3.63) is 71.8 Å². The van der Waals surface area contributed by atoms with E-state index in [2.05, 4.69) is 58.2 Å². The molecule has 1 aliphatic rings. The van der Waals surface area contributed by atoms with Gasteiger partial charge in [0, 0.05) is 18.5 Å². The maximum Gasteiger partial charge on any atom is 0.208 e. The van der Waals surface area contributed by atoms with E-state index in [1.54, 1.807) is 0 Å². The highest BCUT2D eigenvalue weighted by molar-refractivity contribution is 7.88. The Balaban J connectivity index is 1.68. The molecule has 1 aliphatic heterocycles. The highest BCUT2D eigenvalue weighted by Gasteiger charge is 2.24. The lowest BCUT2D eigenvalue weighted by atomic mass is 9.90. The van der Waals surface area contributed by atoms with Gasteiger partial charge >= 0.3 is 0 Å². The van der Waals surface area contributed by atoms with Gasteiger partial charge in [0.15, 0.2) is 0 Å². The predicted octanol–water partition coefficient (Wildman–Crippen LogP) is 2.83. The summed E-state index contributed by atoms with van der Waals surface area (Å²) in [6.07, 6.45) is 2.97. The molecule has 0 radical (unpaired) electrons. The molecule has 0 saturated carbocycles. The van der Waals surface area contributed by atoms with E-state index in [9.17, 15) is 8.42 Å². The lowest BCUT2D eigenvalue weighted by Gasteiger charge is -2.34. The van der Waals surface area contributed by atoms with Crippen LogP contribution in [0.3, 0.4) is 0 Å². The van der Waals surface area contributed by atoms with Crippen LogP contribution >= 0.6 is 0 Å². The fourth-order valence-electron chi connectivity index (χ4n) is 3.57. The van der Waals surface area contributed by atoms with Gasteiger partial charge in [-0.1, -0.05) is 60.7 Å². The first kappa shape index (κ1) is 18.1. The van der Waals surface area contributed by atoms with Crippen molar-refractivity contribution >= 4 is 10.0 Å². The summed E-state index contributed by atoms with van der Waals surface area (Å²) in [7, 11) is -3.12. The van der Waals surface area contributed by atoms with E-state index < -0.39 is 10.0 Å². The Hall–Kier alpha value is -1.69. The molecular weight excluding hydrogens is 332 g/mol. The van der Waals surface area contributed by atoms with Gasteiger partial charge in [-0.15, -0.1) is 0 Å². The molecule has 1 heterocycles. The zero-order valence-corrected chi connectivity index (χ0v) is 15.5. The van der Waals surface area contributed by atoms with Crippen LogP contribution in [0.15, 0.2) is 60.7 Å². The second-order valence-electron chi connectivity index (χ2n) is 6.84. The summed E-state index contributed by atoms with van der Waals surface area (Å²) in [5, 5.41) is 0. The molecule has 2 aromatic rings. The van der Waals surface area contributed by atoms with E-state index in [1.165, 1.54) is 17.4 Å². The first-order valence-electron chi connectivity index (χ1n) is 8.81. The van der Waals surface area contributed by atoms with Crippen molar-refractivity contribution in [2.45, 2.75) is 24.8 Å². The van der Waals surface area contributed by atoms with Crippen LogP contribution in [-0.4, -0.2) is 45.2 Å². The summed E-state index contributed by atoms with van der Waals surface area (Å²) in [5.74, 6) is 0.335. The van der Waals surface area contributed by atoms with Crippen LogP contribution in [0.5, 0.6) is 0 Å². The summed E-state index contributed by atoms with van der Waals surface area (Å²) in [4.78, 5) is 2.45. The molecule has 4 nitrogen and oxygen atoms in total. The molecule has 0 spiro atoms.